The van der Waals surface area contributed by atoms with Crippen molar-refractivity contribution in [3.63, 3.8) is 0 Å². The first-order chi connectivity index (χ1) is 10.2. The molecule has 1 atom stereocenters. The third-order valence-corrected chi connectivity index (χ3v) is 4.68. The van der Waals surface area contributed by atoms with Gasteiger partial charge in [-0.2, -0.15) is 0 Å². The molecule has 1 fully saturated rings. The van der Waals surface area contributed by atoms with Crippen LogP contribution < -0.4 is 4.90 Å². The molecule has 1 aliphatic heterocycles. The molecule has 110 valence electrons. The van der Waals surface area contributed by atoms with E-state index in [-0.39, 0.29) is 5.56 Å². The van der Waals surface area contributed by atoms with Gasteiger partial charge in [-0.05, 0) is 37.6 Å². The Morgan fingerprint density at radius 2 is 2.33 bits per heavy atom. The van der Waals surface area contributed by atoms with Crippen molar-refractivity contribution in [1.29, 1.82) is 0 Å². The second-order valence-electron chi connectivity index (χ2n) is 5.25. The van der Waals surface area contributed by atoms with Gasteiger partial charge < -0.3 is 10.0 Å². The standard InChI is InChI=1S/C15H17N3O2S/c1-10-5-2-3-7-18(10)14-11(15(19)20)9-16-13(17-14)12-6-4-8-21-12/h4,6,8-10H,2-3,5,7H2,1H3,(H,19,20). The molecular formula is C15H17N3O2S. The third-order valence-electron chi connectivity index (χ3n) is 3.82. The molecule has 3 rings (SSSR count). The lowest BCUT2D eigenvalue weighted by Crippen LogP contribution is -2.39. The van der Waals surface area contributed by atoms with Crippen molar-refractivity contribution >= 4 is 23.1 Å². The van der Waals surface area contributed by atoms with Crippen molar-refractivity contribution in [2.24, 2.45) is 0 Å². The van der Waals surface area contributed by atoms with Gasteiger partial charge in [0.15, 0.2) is 5.82 Å². The zero-order chi connectivity index (χ0) is 14.8. The first-order valence-electron chi connectivity index (χ1n) is 7.07. The Balaban J connectivity index is 2.06. The molecule has 1 saturated heterocycles. The molecule has 3 heterocycles. The first-order valence-corrected chi connectivity index (χ1v) is 7.95. The van der Waals surface area contributed by atoms with Gasteiger partial charge in [-0.1, -0.05) is 6.07 Å². The smallest absolute Gasteiger partial charge is 0.341 e. The maximum Gasteiger partial charge on any atom is 0.341 e. The number of rotatable bonds is 3. The van der Waals surface area contributed by atoms with Crippen molar-refractivity contribution in [2.75, 3.05) is 11.4 Å². The number of carboxylic acid groups (broad SMARTS) is 1. The zero-order valence-corrected chi connectivity index (χ0v) is 12.6. The highest BCUT2D eigenvalue weighted by atomic mass is 32.1. The molecule has 1 aliphatic rings. The normalized spacial score (nSPS) is 18.7. The number of aromatic nitrogens is 2. The van der Waals surface area contributed by atoms with E-state index in [9.17, 15) is 9.90 Å². The summed E-state index contributed by atoms with van der Waals surface area (Å²) in [5, 5.41) is 11.4. The van der Waals surface area contributed by atoms with Crippen LogP contribution in [0.1, 0.15) is 36.5 Å². The summed E-state index contributed by atoms with van der Waals surface area (Å²) in [6.07, 6.45) is 4.75. The lowest BCUT2D eigenvalue weighted by Gasteiger charge is -2.35. The van der Waals surface area contributed by atoms with Crippen molar-refractivity contribution in [2.45, 2.75) is 32.2 Å². The van der Waals surface area contributed by atoms with Crippen molar-refractivity contribution < 1.29 is 9.90 Å². The Bertz CT molecular complexity index is 642. The fourth-order valence-electron chi connectivity index (χ4n) is 2.68. The molecule has 21 heavy (non-hydrogen) atoms. The van der Waals surface area contributed by atoms with E-state index in [1.807, 2.05) is 17.5 Å². The quantitative estimate of drug-likeness (QED) is 0.942. The van der Waals surface area contributed by atoms with Gasteiger partial charge in [0.25, 0.3) is 0 Å². The van der Waals surface area contributed by atoms with Crippen LogP contribution in [0, 0.1) is 0 Å². The first kappa shape index (κ1) is 14.0. The van der Waals surface area contributed by atoms with Crippen LogP contribution in [0.4, 0.5) is 5.82 Å². The second-order valence-corrected chi connectivity index (χ2v) is 6.20. The Kier molecular flexibility index (Phi) is 3.88. The Labute approximate surface area is 127 Å². The van der Waals surface area contributed by atoms with E-state index in [1.165, 1.54) is 12.6 Å². The average Bonchev–Trinajstić information content (AvgIpc) is 3.01. The van der Waals surface area contributed by atoms with Gasteiger partial charge in [-0.3, -0.25) is 0 Å². The Hall–Kier alpha value is -1.95. The van der Waals surface area contributed by atoms with Crippen molar-refractivity contribution in [1.82, 2.24) is 9.97 Å². The maximum absolute atomic E-state index is 11.5. The fraction of sp³-hybridized carbons (Fsp3) is 0.400. The van der Waals surface area contributed by atoms with Gasteiger partial charge in [-0.25, -0.2) is 14.8 Å². The molecule has 2 aromatic rings. The van der Waals surface area contributed by atoms with Crippen LogP contribution in [0.25, 0.3) is 10.7 Å². The van der Waals surface area contributed by atoms with Crippen molar-refractivity contribution in [3.05, 3.63) is 29.3 Å². The molecule has 0 aromatic carbocycles. The number of carboxylic acids is 1. The van der Waals surface area contributed by atoms with Crippen LogP contribution in [0.2, 0.25) is 0 Å². The fourth-order valence-corrected chi connectivity index (χ4v) is 3.34. The van der Waals surface area contributed by atoms with E-state index in [0.717, 1.165) is 24.3 Å². The maximum atomic E-state index is 11.5. The molecule has 0 saturated carbocycles. The molecule has 0 bridgehead atoms. The van der Waals surface area contributed by atoms with E-state index < -0.39 is 5.97 Å². The number of carbonyl (C=O) groups is 1. The number of hydrogen-bond acceptors (Lipinski definition) is 5. The van der Waals surface area contributed by atoms with Gasteiger partial charge in [0.1, 0.15) is 11.4 Å². The van der Waals surface area contributed by atoms with Gasteiger partial charge in [0.05, 0.1) is 4.88 Å². The molecule has 2 aromatic heterocycles. The molecule has 6 heteroatoms. The van der Waals surface area contributed by atoms with Crippen LogP contribution in [0.5, 0.6) is 0 Å². The molecule has 0 aliphatic carbocycles. The van der Waals surface area contributed by atoms with E-state index in [1.54, 1.807) is 11.3 Å². The number of hydrogen-bond donors (Lipinski definition) is 1. The monoisotopic (exact) mass is 303 g/mol. The lowest BCUT2D eigenvalue weighted by atomic mass is 10.0. The summed E-state index contributed by atoms with van der Waals surface area (Å²) in [7, 11) is 0. The minimum atomic E-state index is -0.972. The Morgan fingerprint density at radius 1 is 1.48 bits per heavy atom. The summed E-state index contributed by atoms with van der Waals surface area (Å²) in [5.41, 5.74) is 0.184. The molecule has 1 unspecified atom stereocenters. The summed E-state index contributed by atoms with van der Waals surface area (Å²) in [6.45, 7) is 2.97. The summed E-state index contributed by atoms with van der Waals surface area (Å²) >= 11 is 1.56. The molecule has 0 amide bonds. The number of thiophene rings is 1. The summed E-state index contributed by atoms with van der Waals surface area (Å²) in [5.74, 6) is 0.177. The molecule has 1 N–H and O–H groups in total. The Morgan fingerprint density at radius 3 is 3.00 bits per heavy atom. The van der Waals surface area contributed by atoms with Crippen LogP contribution in [0.15, 0.2) is 23.7 Å². The summed E-state index contributed by atoms with van der Waals surface area (Å²) in [4.78, 5) is 23.3. The predicted octanol–water partition coefficient (Wildman–Crippen LogP) is 3.28. The van der Waals surface area contributed by atoms with E-state index in [2.05, 4.69) is 21.8 Å². The predicted molar refractivity (Wildman–Crippen MR) is 83.0 cm³/mol. The average molecular weight is 303 g/mol. The third kappa shape index (κ3) is 2.76. The highest BCUT2D eigenvalue weighted by Gasteiger charge is 2.25. The van der Waals surface area contributed by atoms with Crippen LogP contribution in [-0.4, -0.2) is 33.6 Å². The van der Waals surface area contributed by atoms with Crippen LogP contribution >= 0.6 is 11.3 Å². The minimum absolute atomic E-state index is 0.184. The summed E-state index contributed by atoms with van der Waals surface area (Å²) < 4.78 is 0. The molecule has 5 nitrogen and oxygen atoms in total. The van der Waals surface area contributed by atoms with E-state index in [0.29, 0.717) is 17.7 Å². The number of anilines is 1. The SMILES string of the molecule is CC1CCCCN1c1nc(-c2cccs2)ncc1C(=O)O. The van der Waals surface area contributed by atoms with Crippen molar-refractivity contribution in [3.8, 4) is 10.7 Å². The van der Waals surface area contributed by atoms with E-state index >= 15 is 0 Å². The highest BCUT2D eigenvalue weighted by molar-refractivity contribution is 7.13. The topological polar surface area (TPSA) is 66.3 Å². The minimum Gasteiger partial charge on any atom is -0.477 e. The molecular weight excluding hydrogens is 286 g/mol. The van der Waals surface area contributed by atoms with Crippen LogP contribution in [0.3, 0.4) is 0 Å². The molecule has 0 radical (unpaired) electrons. The zero-order valence-electron chi connectivity index (χ0n) is 11.8. The largest absolute Gasteiger partial charge is 0.477 e. The van der Waals surface area contributed by atoms with Crippen LogP contribution in [-0.2, 0) is 0 Å². The number of aromatic carboxylic acids is 1. The van der Waals surface area contributed by atoms with Gasteiger partial charge >= 0.3 is 5.97 Å². The number of nitrogens with zero attached hydrogens (tertiary/aromatic N) is 3. The van der Waals surface area contributed by atoms with E-state index in [4.69, 9.17) is 0 Å². The second kappa shape index (κ2) is 5.81. The van der Waals surface area contributed by atoms with Gasteiger partial charge in [0, 0.05) is 18.8 Å². The number of piperidine rings is 1. The molecule has 0 spiro atoms. The van der Waals surface area contributed by atoms with Gasteiger partial charge in [-0.15, -0.1) is 11.3 Å². The summed E-state index contributed by atoms with van der Waals surface area (Å²) in [6, 6.07) is 4.20. The van der Waals surface area contributed by atoms with Gasteiger partial charge in [0.2, 0.25) is 0 Å². The lowest BCUT2D eigenvalue weighted by molar-refractivity contribution is 0.0696. The highest BCUT2D eigenvalue weighted by Crippen LogP contribution is 2.29.